The molecule has 3 fully saturated rings. The Hall–Kier alpha value is 0.261. The first-order chi connectivity index (χ1) is 12.4. The van der Waals surface area contributed by atoms with Crippen molar-refractivity contribution in [2.24, 2.45) is 0 Å². The van der Waals surface area contributed by atoms with Crippen molar-refractivity contribution in [2.45, 2.75) is 87.6 Å². The lowest BCUT2D eigenvalue weighted by molar-refractivity contribution is 1.12. The lowest BCUT2D eigenvalue weighted by atomic mass is 10.2. The number of hydrogen-bond donors (Lipinski definition) is 0. The van der Waals surface area contributed by atoms with E-state index in [-0.39, 0.29) is 0 Å². The highest BCUT2D eigenvalue weighted by Gasteiger charge is 2.86. The summed E-state index contributed by atoms with van der Waals surface area (Å²) in [5.41, 5.74) is 1.42. The Labute approximate surface area is 180 Å². The molecule has 0 N–H and O–H groups in total. The minimum atomic E-state index is -1.41. The van der Waals surface area contributed by atoms with Crippen molar-refractivity contribution in [1.29, 1.82) is 0 Å². The summed E-state index contributed by atoms with van der Waals surface area (Å²) in [5, 5.41) is 0. The van der Waals surface area contributed by atoms with E-state index < -0.39 is 45.5 Å². The maximum Gasteiger partial charge on any atom is 0.0454 e. The predicted molar refractivity (Wildman–Crippen MR) is 147 cm³/mol. The van der Waals surface area contributed by atoms with Crippen LogP contribution in [0.25, 0.3) is 6.08 Å². The van der Waals surface area contributed by atoms with Gasteiger partial charge in [-0.05, 0) is 9.85 Å². The minimum Gasteiger partial charge on any atom is -0.0863 e. The molecule has 0 aromatic heterocycles. The molecule has 3 saturated heterocycles. The first-order valence-electron chi connectivity index (χ1n) is 11.2. The van der Waals surface area contributed by atoms with Crippen molar-refractivity contribution in [2.75, 3.05) is 0 Å². The smallest absolute Gasteiger partial charge is 0.0454 e. The number of benzene rings is 1. The third kappa shape index (κ3) is 2.25. The third-order valence-corrected chi connectivity index (χ3v) is 101. The van der Waals surface area contributed by atoms with Crippen LogP contribution >= 0.6 is 0 Å². The Morgan fingerprint density at radius 3 is 1.32 bits per heavy atom. The number of allylic oxidation sites excluding steroid dienone is 1. The lowest BCUT2D eigenvalue weighted by Gasteiger charge is -2.84. The highest BCUT2D eigenvalue weighted by Crippen LogP contribution is 2.75. The van der Waals surface area contributed by atoms with Crippen molar-refractivity contribution < 1.29 is 0 Å². The molecule has 0 unspecified atom stereocenters. The quantitative estimate of drug-likeness (QED) is 0.388. The van der Waals surface area contributed by atoms with Gasteiger partial charge in [0.25, 0.3) is 0 Å². The molecule has 3 aliphatic heterocycles. The van der Waals surface area contributed by atoms with Crippen LogP contribution in [0.15, 0.2) is 36.4 Å². The van der Waals surface area contributed by atoms with E-state index in [1.165, 1.54) is 10.4 Å². The lowest BCUT2D eigenvalue weighted by Crippen LogP contribution is -2.99. The second-order valence-corrected chi connectivity index (χ2v) is 63.3. The van der Waals surface area contributed by atoms with Gasteiger partial charge in [-0.1, -0.05) is 126 Å². The second kappa shape index (κ2) is 6.16. The summed E-state index contributed by atoms with van der Waals surface area (Å²) in [4.78, 5) is 1.24. The molecule has 0 radical (unpaired) electrons. The normalized spacial score (nSPS) is 35.8. The SMILES string of the molecule is C[Si]1(C)C2[Si](C)(C)[Si](C)(C)C(/C=C/c3ccccc3)([Si]1(C)C)[Si](C)(C)[Si]2(C)C. The van der Waals surface area contributed by atoms with Crippen molar-refractivity contribution in [1.82, 2.24) is 0 Å². The minimum absolute atomic E-state index is 0.652. The molecule has 0 amide bonds. The maximum absolute atomic E-state index is 2.93. The van der Waals surface area contributed by atoms with E-state index in [1.54, 1.807) is 0 Å². The van der Waals surface area contributed by atoms with E-state index in [0.29, 0.717) is 4.28 Å². The maximum atomic E-state index is 2.93. The van der Waals surface area contributed by atoms with Gasteiger partial charge in [-0.15, -0.1) is 0 Å². The highest BCUT2D eigenvalue weighted by molar-refractivity contribution is 7.77. The topological polar surface area (TPSA) is 0 Å². The number of rotatable bonds is 2. The molecular weight excluding hydrogens is 433 g/mol. The van der Waals surface area contributed by atoms with E-state index >= 15 is 0 Å². The van der Waals surface area contributed by atoms with Crippen molar-refractivity contribution in [3.05, 3.63) is 42.0 Å². The predicted octanol–water partition coefficient (Wildman–Crippen LogP) is 7.48. The zero-order valence-electron chi connectivity index (χ0n) is 20.6. The Morgan fingerprint density at radius 1 is 0.607 bits per heavy atom. The van der Waals surface area contributed by atoms with Crippen molar-refractivity contribution in [3.63, 3.8) is 0 Å². The van der Waals surface area contributed by atoms with Crippen molar-refractivity contribution >= 4 is 51.6 Å². The van der Waals surface area contributed by atoms with E-state index in [1.807, 2.05) is 0 Å². The van der Waals surface area contributed by atoms with E-state index in [4.69, 9.17) is 0 Å². The standard InChI is InChI=1S/C22H44Si6/c1-23(2)21-24(3,4)27(9,10)22(26(23,7)8,28(11,12)25(21,5)6)19-18-20-16-14-13-15-17-20/h13-19,21H,1-12H3/b19-18+. The van der Waals surface area contributed by atoms with Gasteiger partial charge in [-0.3, -0.25) is 0 Å². The fraction of sp³-hybridized carbons (Fsp3) is 0.636. The molecule has 4 rings (SSSR count). The number of fused-ring (bicyclic) bond motifs is 3. The zero-order chi connectivity index (χ0) is 21.6. The molecule has 1 aromatic carbocycles. The van der Waals surface area contributed by atoms with Crippen LogP contribution in [0.2, 0.25) is 87.6 Å². The van der Waals surface area contributed by atoms with Crippen LogP contribution in [-0.2, 0) is 0 Å². The van der Waals surface area contributed by atoms with Gasteiger partial charge in [-0.25, -0.2) is 0 Å². The average Bonchev–Trinajstić information content (AvgIpc) is 2.52. The molecule has 0 aliphatic carbocycles. The van der Waals surface area contributed by atoms with E-state index in [2.05, 4.69) is 121 Å². The van der Waals surface area contributed by atoms with Crippen LogP contribution in [-0.4, -0.2) is 45.5 Å². The molecule has 0 spiro atoms. The molecular formula is C22H44Si6. The summed E-state index contributed by atoms with van der Waals surface area (Å²) in [6, 6.07) is 11.2. The average molecular weight is 477 g/mol. The van der Waals surface area contributed by atoms with Crippen LogP contribution in [0.3, 0.4) is 0 Å². The molecule has 28 heavy (non-hydrogen) atoms. The van der Waals surface area contributed by atoms with Gasteiger partial charge < -0.3 is 0 Å². The summed E-state index contributed by atoms with van der Waals surface area (Å²) in [6.07, 6.45) is 5.52. The summed E-state index contributed by atoms with van der Waals surface area (Å²) >= 11 is 0. The van der Waals surface area contributed by atoms with Crippen LogP contribution in [0, 0.1) is 0 Å². The van der Waals surface area contributed by atoms with Gasteiger partial charge in [0, 0.05) is 45.5 Å². The fourth-order valence-electron chi connectivity index (χ4n) is 9.07. The monoisotopic (exact) mass is 476 g/mol. The van der Waals surface area contributed by atoms with Crippen molar-refractivity contribution in [3.8, 4) is 0 Å². The van der Waals surface area contributed by atoms with Gasteiger partial charge in [0.2, 0.25) is 0 Å². The van der Waals surface area contributed by atoms with Crippen LogP contribution in [0.5, 0.6) is 0 Å². The highest BCUT2D eigenvalue weighted by atomic mass is 29.4. The first kappa shape index (κ1) is 22.9. The van der Waals surface area contributed by atoms with E-state index in [9.17, 15) is 0 Å². The summed E-state index contributed by atoms with van der Waals surface area (Å²) in [5.74, 6) is 0. The molecule has 1 aromatic rings. The Morgan fingerprint density at radius 2 is 0.964 bits per heavy atom. The molecule has 0 nitrogen and oxygen atoms in total. The Kier molecular flexibility index (Phi) is 5.04. The Balaban J connectivity index is 2.43. The first-order valence-corrected chi connectivity index (χ1v) is 32.4. The fourth-order valence-corrected chi connectivity index (χ4v) is 153. The summed E-state index contributed by atoms with van der Waals surface area (Å²) in [6.45, 7) is 34.4. The molecule has 3 heterocycles. The van der Waals surface area contributed by atoms with E-state index in [0.717, 1.165) is 0 Å². The molecule has 3 aliphatic rings. The van der Waals surface area contributed by atoms with Gasteiger partial charge in [-0.2, -0.15) is 0 Å². The van der Waals surface area contributed by atoms with Crippen LogP contribution in [0.4, 0.5) is 0 Å². The van der Waals surface area contributed by atoms with Crippen LogP contribution < -0.4 is 0 Å². The molecule has 0 atom stereocenters. The molecule has 156 valence electrons. The van der Waals surface area contributed by atoms with Crippen LogP contribution in [0.1, 0.15) is 5.56 Å². The second-order valence-electron chi connectivity index (χ2n) is 13.0. The summed E-state index contributed by atoms with van der Waals surface area (Å²) < 4.78 is 0.652. The largest absolute Gasteiger partial charge is 0.0863 e. The van der Waals surface area contributed by atoms with Gasteiger partial charge in [0.1, 0.15) is 0 Å². The van der Waals surface area contributed by atoms with Gasteiger partial charge in [0.15, 0.2) is 0 Å². The van der Waals surface area contributed by atoms with Gasteiger partial charge in [0.05, 0.1) is 0 Å². The molecule has 0 saturated carbocycles. The summed E-state index contributed by atoms with van der Waals surface area (Å²) in [7, 11) is -8.04. The molecule has 2 bridgehead atoms. The molecule has 6 heteroatoms. The number of hydrogen-bond acceptors (Lipinski definition) is 0. The third-order valence-electron chi connectivity index (χ3n) is 11.3. The van der Waals surface area contributed by atoms with Gasteiger partial charge >= 0.3 is 0 Å². The zero-order valence-corrected chi connectivity index (χ0v) is 26.6. The Bertz CT molecular complexity index is 732.